The van der Waals surface area contributed by atoms with E-state index in [1.807, 2.05) is 29.3 Å². The summed E-state index contributed by atoms with van der Waals surface area (Å²) in [5, 5.41) is 6.10. The molecule has 1 atom stereocenters. The third-order valence-corrected chi connectivity index (χ3v) is 8.76. The van der Waals surface area contributed by atoms with Crippen molar-refractivity contribution in [2.24, 2.45) is 0 Å². The molecule has 0 saturated heterocycles. The average molecular weight is 440 g/mol. The lowest BCUT2D eigenvalue weighted by molar-refractivity contribution is 0.596. The topological polar surface area (TPSA) is 12.9 Å². The summed E-state index contributed by atoms with van der Waals surface area (Å²) in [4.78, 5) is 6.37. The molecule has 1 aliphatic rings. The molecule has 0 fully saturated rings. The van der Waals surface area contributed by atoms with Gasteiger partial charge < -0.3 is 0 Å². The van der Waals surface area contributed by atoms with Gasteiger partial charge in [-0.2, -0.15) is 0 Å². The van der Waals surface area contributed by atoms with E-state index >= 15 is 0 Å². The Balaban J connectivity index is 1.66. The second-order valence-electron chi connectivity index (χ2n) is 9.68. The van der Waals surface area contributed by atoms with Crippen molar-refractivity contribution < 1.29 is 0 Å². The fraction of sp³-hybridized carbons (Fsp3) is 0.250. The van der Waals surface area contributed by atoms with Crippen LogP contribution in [0.5, 0.6) is 0 Å². The zero-order chi connectivity index (χ0) is 21.3. The minimum atomic E-state index is 0.0673. The monoisotopic (exact) mass is 439 g/mol. The van der Waals surface area contributed by atoms with Gasteiger partial charge in [-0.05, 0) is 64.1 Å². The molecule has 2 aromatic heterocycles. The summed E-state index contributed by atoms with van der Waals surface area (Å²) in [7, 11) is 0. The van der Waals surface area contributed by atoms with Crippen LogP contribution in [0, 0.1) is 0 Å². The van der Waals surface area contributed by atoms with E-state index in [-0.39, 0.29) is 5.41 Å². The number of benzene rings is 3. The molecule has 1 nitrogen and oxygen atoms in total. The lowest BCUT2D eigenvalue weighted by Crippen LogP contribution is -2.12. The van der Waals surface area contributed by atoms with E-state index in [4.69, 9.17) is 4.98 Å². The number of hydrogen-bond acceptors (Lipinski definition) is 3. The van der Waals surface area contributed by atoms with Crippen LogP contribution in [0.1, 0.15) is 38.8 Å². The van der Waals surface area contributed by atoms with Crippen LogP contribution in [0.4, 0.5) is 0 Å². The van der Waals surface area contributed by atoms with Crippen LogP contribution in [-0.4, -0.2) is 10.2 Å². The van der Waals surface area contributed by atoms with Gasteiger partial charge in [0.2, 0.25) is 0 Å². The number of aromatic nitrogens is 1. The van der Waals surface area contributed by atoms with E-state index in [0.29, 0.717) is 5.25 Å². The molecule has 0 spiro atoms. The smallest absolute Gasteiger partial charge is 0.0880 e. The van der Waals surface area contributed by atoms with E-state index in [2.05, 4.69) is 82.3 Å². The van der Waals surface area contributed by atoms with Crippen LogP contribution >= 0.6 is 23.1 Å². The highest BCUT2D eigenvalue weighted by atomic mass is 32.2. The number of rotatable bonds is 1. The Labute approximate surface area is 191 Å². The molecule has 1 aliphatic heterocycles. The summed E-state index contributed by atoms with van der Waals surface area (Å²) in [5.41, 5.74) is 5.32. The predicted molar refractivity (Wildman–Crippen MR) is 138 cm³/mol. The molecule has 154 valence electrons. The van der Waals surface area contributed by atoms with Crippen LogP contribution < -0.4 is 0 Å². The van der Waals surface area contributed by atoms with Crippen LogP contribution in [0.15, 0.2) is 65.7 Å². The van der Waals surface area contributed by atoms with Gasteiger partial charge in [0.1, 0.15) is 0 Å². The fourth-order valence-corrected chi connectivity index (χ4v) is 7.37. The zero-order valence-corrected chi connectivity index (χ0v) is 20.0. The van der Waals surface area contributed by atoms with Gasteiger partial charge in [0.25, 0.3) is 0 Å². The van der Waals surface area contributed by atoms with Crippen molar-refractivity contribution in [3.05, 3.63) is 71.9 Å². The molecular formula is C28H25NS2. The molecule has 3 heteroatoms. The van der Waals surface area contributed by atoms with Gasteiger partial charge in [0.05, 0.1) is 10.4 Å². The van der Waals surface area contributed by atoms with Crippen molar-refractivity contribution in [1.29, 1.82) is 0 Å². The van der Waals surface area contributed by atoms with E-state index < -0.39 is 0 Å². The molecule has 3 aromatic carbocycles. The molecule has 0 N–H and O–H groups in total. The first kappa shape index (κ1) is 19.3. The molecule has 0 bridgehead atoms. The molecule has 0 aliphatic carbocycles. The third-order valence-electron chi connectivity index (χ3n) is 6.38. The third kappa shape index (κ3) is 3.01. The van der Waals surface area contributed by atoms with Crippen LogP contribution in [0.3, 0.4) is 0 Å². The Kier molecular flexibility index (Phi) is 4.25. The van der Waals surface area contributed by atoms with E-state index in [1.54, 1.807) is 0 Å². The minimum Gasteiger partial charge on any atom is -0.255 e. The molecule has 1 unspecified atom stereocenters. The van der Waals surface area contributed by atoms with E-state index in [9.17, 15) is 0 Å². The number of fused-ring (bicyclic) bond motifs is 6. The highest BCUT2D eigenvalue weighted by Gasteiger charge is 2.24. The van der Waals surface area contributed by atoms with Gasteiger partial charge in [-0.3, -0.25) is 4.98 Å². The maximum atomic E-state index is 4.92. The van der Waals surface area contributed by atoms with Crippen molar-refractivity contribution >= 4 is 54.0 Å². The number of hydrogen-bond donors (Lipinski definition) is 0. The van der Waals surface area contributed by atoms with Gasteiger partial charge in [-0.15, -0.1) is 23.1 Å². The lowest BCUT2D eigenvalue weighted by atomic mass is 9.82. The Hall–Kier alpha value is -2.36. The second-order valence-corrected chi connectivity index (χ2v) is 12.2. The first-order valence-corrected chi connectivity index (χ1v) is 12.6. The number of pyridine rings is 1. The summed E-state index contributed by atoms with van der Waals surface area (Å²) in [6.45, 7) is 9.23. The highest BCUT2D eigenvalue weighted by Crippen LogP contribution is 2.47. The summed E-state index contributed by atoms with van der Waals surface area (Å²) in [6, 6.07) is 20.3. The lowest BCUT2D eigenvalue weighted by Gasteiger charge is -2.22. The predicted octanol–water partition coefficient (Wildman–Crippen LogP) is 8.60. The van der Waals surface area contributed by atoms with Gasteiger partial charge in [0, 0.05) is 37.4 Å². The van der Waals surface area contributed by atoms with Crippen molar-refractivity contribution in [2.75, 3.05) is 0 Å². The summed E-state index contributed by atoms with van der Waals surface area (Å²) >= 11 is 3.91. The van der Waals surface area contributed by atoms with Crippen LogP contribution in [0.25, 0.3) is 42.2 Å². The Morgan fingerprint density at radius 2 is 1.81 bits per heavy atom. The number of thiophene rings is 1. The maximum absolute atomic E-state index is 4.92. The van der Waals surface area contributed by atoms with Crippen molar-refractivity contribution in [3.8, 4) is 11.3 Å². The SMILES string of the molecule is CC1Cc2c(ccc3sc4c(-c5cc(C(C)(C)C)c6ccccc6c5)nccc4c23)S1. The molecule has 3 heterocycles. The van der Waals surface area contributed by atoms with Gasteiger partial charge >= 0.3 is 0 Å². The van der Waals surface area contributed by atoms with Crippen molar-refractivity contribution in [3.63, 3.8) is 0 Å². The Morgan fingerprint density at radius 3 is 2.65 bits per heavy atom. The summed E-state index contributed by atoms with van der Waals surface area (Å²) < 4.78 is 2.69. The minimum absolute atomic E-state index is 0.0673. The van der Waals surface area contributed by atoms with E-state index in [0.717, 1.165) is 12.1 Å². The van der Waals surface area contributed by atoms with Crippen molar-refractivity contribution in [1.82, 2.24) is 4.98 Å². The Bertz CT molecular complexity index is 1490. The number of thioether (sulfide) groups is 1. The molecule has 31 heavy (non-hydrogen) atoms. The molecule has 0 saturated carbocycles. The standard InChI is InChI=1S/C28H25NS2/c1-16-13-21-23(30-16)9-10-24-25(21)20-11-12-29-26(27(20)31-24)18-14-17-7-5-6-8-19(17)22(15-18)28(2,3)4/h5-12,14-16H,13H2,1-4H3. The van der Waals surface area contributed by atoms with Gasteiger partial charge in [-0.25, -0.2) is 0 Å². The fourth-order valence-electron chi connectivity index (χ4n) is 4.98. The zero-order valence-electron chi connectivity index (χ0n) is 18.3. The molecular weight excluding hydrogens is 414 g/mol. The Morgan fingerprint density at radius 1 is 0.968 bits per heavy atom. The van der Waals surface area contributed by atoms with Crippen LogP contribution in [0.2, 0.25) is 0 Å². The van der Waals surface area contributed by atoms with Gasteiger partial charge in [-0.1, -0.05) is 52.0 Å². The van der Waals surface area contributed by atoms with Crippen LogP contribution in [-0.2, 0) is 11.8 Å². The number of nitrogens with zero attached hydrogens (tertiary/aromatic N) is 1. The maximum Gasteiger partial charge on any atom is 0.0880 e. The first-order chi connectivity index (χ1) is 14.9. The molecule has 0 amide bonds. The summed E-state index contributed by atoms with van der Waals surface area (Å²) in [6.07, 6.45) is 3.16. The van der Waals surface area contributed by atoms with E-state index in [1.165, 1.54) is 52.5 Å². The average Bonchev–Trinajstić information content (AvgIpc) is 3.31. The normalized spacial score (nSPS) is 16.5. The summed E-state index contributed by atoms with van der Waals surface area (Å²) in [5.74, 6) is 0. The van der Waals surface area contributed by atoms with Gasteiger partial charge in [0.15, 0.2) is 0 Å². The molecule has 5 aromatic rings. The largest absolute Gasteiger partial charge is 0.255 e. The molecule has 6 rings (SSSR count). The van der Waals surface area contributed by atoms with Crippen molar-refractivity contribution in [2.45, 2.75) is 49.7 Å². The first-order valence-electron chi connectivity index (χ1n) is 10.9. The quantitative estimate of drug-likeness (QED) is 0.259. The second kappa shape index (κ2) is 6.82. The highest BCUT2D eigenvalue weighted by molar-refractivity contribution is 8.00. The molecule has 0 radical (unpaired) electrons.